The van der Waals surface area contributed by atoms with Crippen molar-refractivity contribution in [3.8, 4) is 0 Å². The maximum atomic E-state index is 10.4. The number of hydrogen-bond donors (Lipinski definition) is 5. The number of carbonyl (C=O) groups is 2. The quantitative estimate of drug-likeness (QED) is 0.346. The highest BCUT2D eigenvalue weighted by atomic mass is 16.2. The van der Waals surface area contributed by atoms with Gasteiger partial charge in [-0.3, -0.25) is 9.89 Å². The molecule has 0 aliphatic heterocycles. The SMILES string of the molecule is NC(=O)c1[nH]ncc1N.NC(N)=O. The summed E-state index contributed by atoms with van der Waals surface area (Å²) in [6.07, 6.45) is 1.33. The van der Waals surface area contributed by atoms with Crippen molar-refractivity contribution in [2.24, 2.45) is 17.2 Å². The maximum absolute atomic E-state index is 10.4. The van der Waals surface area contributed by atoms with Gasteiger partial charge in [-0.05, 0) is 0 Å². The van der Waals surface area contributed by atoms with E-state index in [1.807, 2.05) is 0 Å². The minimum absolute atomic E-state index is 0.162. The van der Waals surface area contributed by atoms with E-state index in [0.717, 1.165) is 0 Å². The summed E-state index contributed by atoms with van der Waals surface area (Å²) >= 11 is 0. The fraction of sp³-hybridized carbons (Fsp3) is 0. The van der Waals surface area contributed by atoms with Crippen molar-refractivity contribution in [2.45, 2.75) is 0 Å². The van der Waals surface area contributed by atoms with Crippen LogP contribution in [-0.2, 0) is 0 Å². The van der Waals surface area contributed by atoms with Crippen molar-refractivity contribution >= 4 is 17.6 Å². The van der Waals surface area contributed by atoms with Gasteiger partial charge in [-0.2, -0.15) is 5.10 Å². The van der Waals surface area contributed by atoms with Gasteiger partial charge < -0.3 is 22.9 Å². The third-order valence-electron chi connectivity index (χ3n) is 0.915. The molecule has 0 bridgehead atoms. The Labute approximate surface area is 73.2 Å². The summed E-state index contributed by atoms with van der Waals surface area (Å²) in [6, 6.07) is -0.833. The van der Waals surface area contributed by atoms with Crippen LogP contribution in [0.3, 0.4) is 0 Å². The molecule has 0 spiro atoms. The molecule has 0 saturated heterocycles. The van der Waals surface area contributed by atoms with E-state index < -0.39 is 11.9 Å². The molecule has 1 aromatic rings. The molecule has 9 N–H and O–H groups in total. The smallest absolute Gasteiger partial charge is 0.309 e. The maximum Gasteiger partial charge on any atom is 0.309 e. The predicted molar refractivity (Wildman–Crippen MR) is 45.3 cm³/mol. The van der Waals surface area contributed by atoms with E-state index in [1.54, 1.807) is 0 Å². The lowest BCUT2D eigenvalue weighted by Gasteiger charge is -1.87. The van der Waals surface area contributed by atoms with Gasteiger partial charge >= 0.3 is 6.03 Å². The number of aromatic nitrogens is 2. The van der Waals surface area contributed by atoms with E-state index >= 15 is 0 Å². The number of aromatic amines is 1. The molecule has 8 nitrogen and oxygen atoms in total. The number of primary amides is 3. The van der Waals surface area contributed by atoms with E-state index in [-0.39, 0.29) is 11.4 Å². The average molecular weight is 186 g/mol. The molecule has 1 rings (SSSR count). The number of carbonyl (C=O) groups excluding carboxylic acids is 2. The second kappa shape index (κ2) is 4.59. The average Bonchev–Trinajstić information content (AvgIpc) is 2.33. The minimum Gasteiger partial charge on any atom is -0.396 e. The molecule has 1 aromatic heterocycles. The van der Waals surface area contributed by atoms with Gasteiger partial charge in [0.15, 0.2) is 0 Å². The van der Waals surface area contributed by atoms with E-state index in [4.69, 9.17) is 16.3 Å². The molecule has 1 heterocycles. The summed E-state index contributed by atoms with van der Waals surface area (Å²) in [5.74, 6) is -0.593. The highest BCUT2D eigenvalue weighted by Gasteiger charge is 2.05. The number of nitrogens with one attached hydrogen (secondary N) is 1. The van der Waals surface area contributed by atoms with E-state index in [0.29, 0.717) is 0 Å². The van der Waals surface area contributed by atoms with E-state index in [9.17, 15) is 4.79 Å². The molecule has 0 unspecified atom stereocenters. The number of hydrogen-bond acceptors (Lipinski definition) is 4. The molecule has 3 amide bonds. The number of rotatable bonds is 1. The first kappa shape index (κ1) is 10.8. The first-order chi connectivity index (χ1) is 5.95. The summed E-state index contributed by atoms with van der Waals surface area (Å²) in [5, 5.41) is 5.85. The first-order valence-electron chi connectivity index (χ1n) is 3.08. The molecule has 0 radical (unpaired) electrons. The fourth-order valence-corrected chi connectivity index (χ4v) is 0.493. The summed E-state index contributed by atoms with van der Waals surface area (Å²) in [4.78, 5) is 19.4. The van der Waals surface area contributed by atoms with Gasteiger partial charge in [0, 0.05) is 0 Å². The van der Waals surface area contributed by atoms with Crippen molar-refractivity contribution in [1.29, 1.82) is 0 Å². The fourth-order valence-electron chi connectivity index (χ4n) is 0.493. The number of anilines is 1. The standard InChI is InChI=1S/C4H6N4O.CH4N2O/c5-2-1-7-8-3(2)4(6)9;2-1(3)4/h1H,5H2,(H2,6,9)(H,7,8);(H4,2,3,4). The normalized spacial score (nSPS) is 8.31. The lowest BCUT2D eigenvalue weighted by atomic mass is 10.4. The van der Waals surface area contributed by atoms with Crippen LogP contribution in [0.1, 0.15) is 10.5 Å². The minimum atomic E-state index is -0.833. The van der Waals surface area contributed by atoms with Gasteiger partial charge in [-0.1, -0.05) is 0 Å². The van der Waals surface area contributed by atoms with E-state index in [1.165, 1.54) is 6.20 Å². The van der Waals surface area contributed by atoms with Gasteiger partial charge in [0.1, 0.15) is 5.69 Å². The van der Waals surface area contributed by atoms with Gasteiger partial charge in [0.05, 0.1) is 11.9 Å². The molecule has 0 atom stereocenters. The molecule has 0 aliphatic rings. The molecule has 0 fully saturated rings. The van der Waals surface area contributed by atoms with Crippen LogP contribution in [0.25, 0.3) is 0 Å². The molecule has 13 heavy (non-hydrogen) atoms. The summed E-state index contributed by atoms with van der Waals surface area (Å²) in [6.45, 7) is 0. The van der Waals surface area contributed by atoms with Gasteiger partial charge in [0.2, 0.25) is 0 Å². The molecule has 72 valence electrons. The second-order valence-corrected chi connectivity index (χ2v) is 1.97. The topological polar surface area (TPSA) is 167 Å². The number of H-pyrrole nitrogens is 1. The Bertz CT molecular complexity index is 302. The van der Waals surface area contributed by atoms with Crippen LogP contribution >= 0.6 is 0 Å². The monoisotopic (exact) mass is 186 g/mol. The van der Waals surface area contributed by atoms with Crippen LogP contribution in [0.5, 0.6) is 0 Å². The first-order valence-corrected chi connectivity index (χ1v) is 3.08. The van der Waals surface area contributed by atoms with Gasteiger partial charge in [-0.25, -0.2) is 4.79 Å². The van der Waals surface area contributed by atoms with Crippen molar-refractivity contribution in [1.82, 2.24) is 10.2 Å². The molecule has 8 heteroatoms. The Morgan fingerprint density at radius 1 is 1.31 bits per heavy atom. The second-order valence-electron chi connectivity index (χ2n) is 1.97. The van der Waals surface area contributed by atoms with Crippen LogP contribution in [0.4, 0.5) is 10.5 Å². The van der Waals surface area contributed by atoms with Gasteiger partial charge in [-0.15, -0.1) is 0 Å². The predicted octanol–water partition coefficient (Wildman–Crippen LogP) is -1.89. The highest BCUT2D eigenvalue weighted by Crippen LogP contribution is 2.02. The van der Waals surface area contributed by atoms with Crippen molar-refractivity contribution < 1.29 is 9.59 Å². The zero-order valence-electron chi connectivity index (χ0n) is 6.65. The van der Waals surface area contributed by atoms with Crippen LogP contribution < -0.4 is 22.9 Å². The van der Waals surface area contributed by atoms with Crippen LogP contribution in [0.2, 0.25) is 0 Å². The number of nitrogens with two attached hydrogens (primary N) is 4. The third kappa shape index (κ3) is 4.24. The van der Waals surface area contributed by atoms with Crippen LogP contribution in [0, 0.1) is 0 Å². The Morgan fingerprint density at radius 3 is 1.92 bits per heavy atom. The Kier molecular flexibility index (Phi) is 3.80. The lowest BCUT2D eigenvalue weighted by molar-refractivity contribution is 0.0996. The number of amides is 3. The summed E-state index contributed by atoms with van der Waals surface area (Å²) < 4.78 is 0. The van der Waals surface area contributed by atoms with Crippen molar-refractivity contribution in [3.05, 3.63) is 11.9 Å². The van der Waals surface area contributed by atoms with Crippen LogP contribution in [0.15, 0.2) is 6.20 Å². The van der Waals surface area contributed by atoms with Gasteiger partial charge in [0.25, 0.3) is 5.91 Å². The number of nitrogen functional groups attached to an aromatic ring is 1. The lowest BCUT2D eigenvalue weighted by Crippen LogP contribution is -2.18. The summed E-state index contributed by atoms with van der Waals surface area (Å²) in [7, 11) is 0. The Morgan fingerprint density at radius 2 is 1.77 bits per heavy atom. The van der Waals surface area contributed by atoms with Crippen molar-refractivity contribution in [3.63, 3.8) is 0 Å². The molecular formula is C5H10N6O2. The van der Waals surface area contributed by atoms with Crippen LogP contribution in [-0.4, -0.2) is 22.1 Å². The number of nitrogens with zero attached hydrogens (tertiary/aromatic N) is 1. The van der Waals surface area contributed by atoms with Crippen molar-refractivity contribution in [2.75, 3.05) is 5.73 Å². The highest BCUT2D eigenvalue weighted by molar-refractivity contribution is 5.95. The Hall–Kier alpha value is -2.25. The zero-order chi connectivity index (χ0) is 10.4. The third-order valence-corrected chi connectivity index (χ3v) is 0.915. The van der Waals surface area contributed by atoms with E-state index in [2.05, 4.69) is 21.7 Å². The molecular weight excluding hydrogens is 176 g/mol. The molecule has 0 aromatic carbocycles. The largest absolute Gasteiger partial charge is 0.396 e. The molecule has 0 saturated carbocycles. The number of urea groups is 1. The Balaban J connectivity index is 0.000000310. The summed E-state index contributed by atoms with van der Waals surface area (Å²) in [5.41, 5.74) is 19.1. The zero-order valence-corrected chi connectivity index (χ0v) is 6.65. The molecule has 0 aliphatic carbocycles.